The summed E-state index contributed by atoms with van der Waals surface area (Å²) in [4.78, 5) is 0. The topological polar surface area (TPSA) is 0 Å². The molecule has 0 bridgehead atoms. The van der Waals surface area contributed by atoms with Gasteiger partial charge in [-0.05, 0) is 22.2 Å². The summed E-state index contributed by atoms with van der Waals surface area (Å²) >= 11 is 14.0. The molecule has 20 heavy (non-hydrogen) atoms. The molecule has 0 aromatic heterocycles. The van der Waals surface area contributed by atoms with Crippen LogP contribution in [0.25, 0.3) is 0 Å². The van der Waals surface area contributed by atoms with Crippen molar-refractivity contribution in [1.29, 1.82) is 0 Å². The Balaban J connectivity index is 5.63. The Hall–Kier alpha value is 0.574. The molecule has 4 heteroatoms. The fourth-order valence-corrected chi connectivity index (χ4v) is 9.58. The first-order valence-corrected chi connectivity index (χ1v) is 14.2. The van der Waals surface area contributed by atoms with Crippen molar-refractivity contribution in [3.63, 3.8) is 0 Å². The zero-order valence-electron chi connectivity index (χ0n) is 14.6. The fourth-order valence-electron chi connectivity index (χ4n) is 2.14. The number of halogens is 2. The molecule has 0 aromatic carbocycles. The molecule has 2 unspecified atom stereocenters. The smallest absolute Gasteiger partial charge is 0.150 e. The molecule has 0 rings (SSSR count). The van der Waals surface area contributed by atoms with Gasteiger partial charge in [-0.25, -0.2) is 0 Å². The van der Waals surface area contributed by atoms with E-state index in [0.29, 0.717) is 0 Å². The van der Waals surface area contributed by atoms with Crippen LogP contribution in [0.5, 0.6) is 0 Å². The van der Waals surface area contributed by atoms with Crippen LogP contribution in [0, 0.1) is 11.1 Å². The van der Waals surface area contributed by atoms with Gasteiger partial charge in [0, 0.05) is 0 Å². The van der Waals surface area contributed by atoms with Gasteiger partial charge in [0.15, 0.2) is 0 Å². The highest BCUT2D eigenvalue weighted by Gasteiger charge is 2.45. The molecule has 0 aliphatic rings. The van der Waals surface area contributed by atoms with Crippen LogP contribution in [-0.2, 0) is 0 Å². The zero-order valence-corrected chi connectivity index (χ0v) is 18.1. The largest absolute Gasteiger partial charge is 0.238 e. The predicted molar refractivity (Wildman–Crippen MR) is 101 cm³/mol. The highest BCUT2D eigenvalue weighted by molar-refractivity contribution is 7.29. The molecule has 0 radical (unpaired) electrons. The van der Waals surface area contributed by atoms with Crippen LogP contribution in [0.15, 0.2) is 0 Å². The lowest BCUT2D eigenvalue weighted by Gasteiger charge is -2.35. The lowest BCUT2D eigenvalue weighted by Crippen LogP contribution is -2.40. The van der Waals surface area contributed by atoms with E-state index >= 15 is 0 Å². The van der Waals surface area contributed by atoms with E-state index in [1.54, 1.807) is 0 Å². The summed E-state index contributed by atoms with van der Waals surface area (Å²) in [6.07, 6.45) is 2.20. The van der Waals surface area contributed by atoms with Crippen LogP contribution >= 0.6 is 22.2 Å². The van der Waals surface area contributed by atoms with Crippen molar-refractivity contribution in [2.75, 3.05) is 0 Å². The minimum Gasteiger partial charge on any atom is -0.150 e. The van der Waals surface area contributed by atoms with Crippen molar-refractivity contribution in [2.24, 2.45) is 0 Å². The quantitative estimate of drug-likeness (QED) is 0.295. The Labute approximate surface area is 138 Å². The van der Waals surface area contributed by atoms with Gasteiger partial charge >= 0.3 is 0 Å². The lowest BCUT2D eigenvalue weighted by molar-refractivity contribution is 0.726. The van der Waals surface area contributed by atoms with Crippen molar-refractivity contribution in [3.8, 4) is 11.1 Å². The van der Waals surface area contributed by atoms with Gasteiger partial charge in [0.05, 0.1) is 0 Å². The van der Waals surface area contributed by atoms with Crippen LogP contribution in [0.1, 0.15) is 68.2 Å². The molecule has 118 valence electrons. The molecule has 0 saturated heterocycles. The summed E-state index contributed by atoms with van der Waals surface area (Å²) in [6.45, 7) is 17.7. The molecular weight excluding hydrogens is 319 g/mol. The lowest BCUT2D eigenvalue weighted by atomic mass is 10.2. The van der Waals surface area contributed by atoms with E-state index in [1.165, 1.54) is 0 Å². The van der Waals surface area contributed by atoms with Crippen molar-refractivity contribution in [2.45, 2.75) is 90.4 Å². The normalized spacial score (nSPS) is 18.7. The molecule has 0 aliphatic heterocycles. The van der Waals surface area contributed by atoms with Gasteiger partial charge in [-0.15, -0.1) is 33.2 Å². The number of hydrogen-bond acceptors (Lipinski definition) is 0. The minimum absolute atomic E-state index is 0.0911. The highest BCUT2D eigenvalue weighted by atomic mass is 35.6. The Morgan fingerprint density at radius 2 is 0.950 bits per heavy atom. The SMILES string of the molecule is CCC[Si](Cl)(C#C[Si](Cl)(CCC)C(C)(C)C)C(C)(C)C. The van der Waals surface area contributed by atoms with Gasteiger partial charge in [-0.3, -0.25) is 0 Å². The summed E-state index contributed by atoms with van der Waals surface area (Å²) in [7, 11) is -4.21. The Bertz CT molecular complexity index is 337. The van der Waals surface area contributed by atoms with E-state index < -0.39 is 14.8 Å². The van der Waals surface area contributed by atoms with Crippen LogP contribution in [0.2, 0.25) is 22.2 Å². The number of hydrogen-bond donors (Lipinski definition) is 0. The van der Waals surface area contributed by atoms with Crippen molar-refractivity contribution in [3.05, 3.63) is 0 Å². The van der Waals surface area contributed by atoms with Gasteiger partial charge < -0.3 is 0 Å². The van der Waals surface area contributed by atoms with E-state index in [1.807, 2.05) is 0 Å². The van der Waals surface area contributed by atoms with Gasteiger partial charge in [-0.2, -0.15) is 0 Å². The second kappa shape index (κ2) is 7.22. The third-order valence-electron chi connectivity index (χ3n) is 4.03. The summed E-state index contributed by atoms with van der Waals surface area (Å²) in [6, 6.07) is 2.09. The molecule has 0 saturated carbocycles. The third-order valence-corrected chi connectivity index (χ3v) is 17.6. The Morgan fingerprint density at radius 3 is 1.10 bits per heavy atom. The van der Waals surface area contributed by atoms with E-state index in [9.17, 15) is 0 Å². The zero-order chi connectivity index (χ0) is 16.2. The molecule has 0 nitrogen and oxygen atoms in total. The predicted octanol–water partition coefficient (Wildman–Crippen LogP) is 6.86. The molecule has 0 amide bonds. The first-order chi connectivity index (χ1) is 8.83. The monoisotopic (exact) mass is 350 g/mol. The molecule has 0 spiro atoms. The maximum absolute atomic E-state index is 7.00. The molecule has 2 atom stereocenters. The van der Waals surface area contributed by atoms with Crippen LogP contribution in [0.4, 0.5) is 0 Å². The highest BCUT2D eigenvalue weighted by Crippen LogP contribution is 2.45. The van der Waals surface area contributed by atoms with Crippen LogP contribution in [0.3, 0.4) is 0 Å². The van der Waals surface area contributed by atoms with Gasteiger partial charge in [-0.1, -0.05) is 68.2 Å². The summed E-state index contributed by atoms with van der Waals surface area (Å²) < 4.78 is 0. The van der Waals surface area contributed by atoms with E-state index in [4.69, 9.17) is 22.2 Å². The molecule has 0 N–H and O–H groups in total. The standard InChI is InChI=1S/C16H32Cl2Si2/c1-9-11-19(17,15(3,4)5)13-14-20(18,12-10-2)16(6,7)8/h9-12H2,1-8H3. The first kappa shape index (κ1) is 20.6. The first-order valence-electron chi connectivity index (χ1n) is 7.75. The van der Waals surface area contributed by atoms with E-state index in [0.717, 1.165) is 24.9 Å². The van der Waals surface area contributed by atoms with Gasteiger partial charge in [0.2, 0.25) is 14.8 Å². The molecule has 0 aromatic rings. The van der Waals surface area contributed by atoms with E-state index in [2.05, 4.69) is 66.5 Å². The van der Waals surface area contributed by atoms with Crippen LogP contribution < -0.4 is 0 Å². The molecule has 0 fully saturated rings. The van der Waals surface area contributed by atoms with E-state index in [-0.39, 0.29) is 10.1 Å². The second-order valence-electron chi connectivity index (χ2n) is 7.85. The van der Waals surface area contributed by atoms with Crippen LogP contribution in [-0.4, -0.2) is 14.8 Å². The average molecular weight is 352 g/mol. The summed E-state index contributed by atoms with van der Waals surface area (Å²) in [5.41, 5.74) is 7.11. The summed E-state index contributed by atoms with van der Waals surface area (Å²) in [5.74, 6) is 0. The Kier molecular flexibility index (Phi) is 7.43. The molecule has 0 heterocycles. The summed E-state index contributed by atoms with van der Waals surface area (Å²) in [5, 5.41) is 0.182. The fraction of sp³-hybridized carbons (Fsp3) is 0.875. The molecule has 0 aliphatic carbocycles. The molecular formula is C16H32Cl2Si2. The minimum atomic E-state index is -2.11. The maximum Gasteiger partial charge on any atom is 0.238 e. The average Bonchev–Trinajstić information content (AvgIpc) is 2.24. The third kappa shape index (κ3) is 5.09. The van der Waals surface area contributed by atoms with Crippen molar-refractivity contribution < 1.29 is 0 Å². The Morgan fingerprint density at radius 1 is 0.700 bits per heavy atom. The van der Waals surface area contributed by atoms with Crippen molar-refractivity contribution in [1.82, 2.24) is 0 Å². The maximum atomic E-state index is 7.00. The van der Waals surface area contributed by atoms with Gasteiger partial charge in [0.1, 0.15) is 0 Å². The van der Waals surface area contributed by atoms with Crippen molar-refractivity contribution >= 4 is 36.9 Å². The number of rotatable bonds is 4. The second-order valence-corrected chi connectivity index (χ2v) is 19.4. The van der Waals surface area contributed by atoms with Gasteiger partial charge in [0.25, 0.3) is 0 Å².